The second kappa shape index (κ2) is 10.9. The Morgan fingerprint density at radius 3 is 2.65 bits per heavy atom. The van der Waals surface area contributed by atoms with Gasteiger partial charge in [-0.1, -0.05) is 0 Å². The van der Waals surface area contributed by atoms with Crippen LogP contribution in [0.5, 0.6) is 0 Å². The summed E-state index contributed by atoms with van der Waals surface area (Å²) < 4.78 is 36.6. The number of imidazole rings is 1. The Morgan fingerprint density at radius 1 is 1.14 bits per heavy atom. The molecular weight excluding hydrogens is 572 g/mol. The number of amides is 2. The number of benzene rings is 1. The van der Waals surface area contributed by atoms with Gasteiger partial charge in [0, 0.05) is 36.8 Å². The Kier molecular flexibility index (Phi) is 7.41. The first kappa shape index (κ1) is 29.1. The lowest BCUT2D eigenvalue weighted by Gasteiger charge is -2.38. The Labute approximate surface area is 249 Å². The van der Waals surface area contributed by atoms with E-state index in [4.69, 9.17) is 13.9 Å². The molecule has 4 heterocycles. The van der Waals surface area contributed by atoms with Gasteiger partial charge < -0.3 is 24.5 Å². The molecule has 2 fully saturated rings. The van der Waals surface area contributed by atoms with Crippen LogP contribution in [0.3, 0.4) is 0 Å². The first-order valence-corrected chi connectivity index (χ1v) is 16.3. The summed E-state index contributed by atoms with van der Waals surface area (Å²) in [4.78, 5) is 40.6. The molecule has 43 heavy (non-hydrogen) atoms. The molecule has 2 atom stereocenters. The van der Waals surface area contributed by atoms with Crippen molar-refractivity contribution in [1.29, 1.82) is 0 Å². The average molecular weight is 609 g/mol. The number of ether oxygens (including phenoxy) is 1. The fraction of sp³-hybridized carbons (Fsp3) is 0.467. The van der Waals surface area contributed by atoms with Crippen molar-refractivity contribution < 1.29 is 26.9 Å². The molecule has 2 aliphatic rings. The number of nitrogens with zero attached hydrogens (tertiary/aromatic N) is 4. The first-order chi connectivity index (χ1) is 20.3. The van der Waals surface area contributed by atoms with Crippen molar-refractivity contribution in [3.05, 3.63) is 48.2 Å². The molecule has 6 rings (SSSR count). The zero-order valence-electron chi connectivity index (χ0n) is 24.7. The SMILES string of the molecule is CC(C)(C)OC(=O)N[C@H]1CN(C(=O)c2ccc3[nH]c(-c4cc5cccnc5n4CC4CC4)nc3c2)CC[C@@H]1OS(C)(=O)=O. The van der Waals surface area contributed by atoms with Gasteiger partial charge in [-0.25, -0.2) is 14.8 Å². The number of hydrogen-bond acceptors (Lipinski definition) is 8. The molecule has 1 saturated carbocycles. The van der Waals surface area contributed by atoms with E-state index in [9.17, 15) is 18.0 Å². The van der Waals surface area contributed by atoms with Crippen LogP contribution in [0.15, 0.2) is 42.6 Å². The lowest BCUT2D eigenvalue weighted by atomic mass is 10.0. The summed E-state index contributed by atoms with van der Waals surface area (Å²) in [5.41, 5.74) is 3.02. The third-order valence-corrected chi connectivity index (χ3v) is 8.20. The van der Waals surface area contributed by atoms with Gasteiger partial charge in [-0.2, -0.15) is 8.42 Å². The minimum atomic E-state index is -3.79. The average Bonchev–Trinajstić information content (AvgIpc) is 3.52. The number of alkyl carbamates (subject to hydrolysis) is 1. The summed E-state index contributed by atoms with van der Waals surface area (Å²) in [6, 6.07) is 10.6. The summed E-state index contributed by atoms with van der Waals surface area (Å²) in [6.07, 6.45) is 3.86. The molecule has 12 nitrogen and oxygen atoms in total. The summed E-state index contributed by atoms with van der Waals surface area (Å²) >= 11 is 0. The second-order valence-corrected chi connectivity index (χ2v) is 14.0. The molecule has 4 aromatic rings. The highest BCUT2D eigenvalue weighted by Gasteiger charge is 2.36. The van der Waals surface area contributed by atoms with Gasteiger partial charge in [0.05, 0.1) is 29.0 Å². The fourth-order valence-corrected chi connectivity index (χ4v) is 6.20. The zero-order valence-corrected chi connectivity index (χ0v) is 25.5. The van der Waals surface area contributed by atoms with Crippen LogP contribution < -0.4 is 5.32 Å². The number of H-pyrrole nitrogens is 1. The number of fused-ring (bicyclic) bond motifs is 2. The third kappa shape index (κ3) is 6.67. The molecule has 0 spiro atoms. The van der Waals surface area contributed by atoms with Gasteiger partial charge >= 0.3 is 6.09 Å². The Bertz CT molecular complexity index is 1800. The number of piperidine rings is 1. The highest BCUT2D eigenvalue weighted by atomic mass is 32.2. The maximum absolute atomic E-state index is 13.6. The standard InChI is InChI=1S/C30H36N6O6S/c1-30(2,3)41-29(38)34-23-17-35(13-11-25(23)42-43(4,39)40)28(37)20-9-10-21-22(14-20)33-26(32-21)24-15-19-6-5-12-31-27(19)36(24)16-18-7-8-18/h5-6,9-10,12,14-15,18,23,25H,7-8,11,13,16-17H2,1-4H3,(H,32,33)(H,34,38)/t23-,25-/m0/s1. The van der Waals surface area contributed by atoms with Gasteiger partial charge in [0.25, 0.3) is 16.0 Å². The molecule has 1 aliphatic carbocycles. The molecule has 228 valence electrons. The zero-order chi connectivity index (χ0) is 30.5. The maximum Gasteiger partial charge on any atom is 0.408 e. The minimum absolute atomic E-state index is 0.0520. The number of carbonyl (C=O) groups is 2. The van der Waals surface area contributed by atoms with Crippen molar-refractivity contribution in [3.8, 4) is 11.5 Å². The molecule has 1 aliphatic heterocycles. The lowest BCUT2D eigenvalue weighted by molar-refractivity contribution is 0.0286. The van der Waals surface area contributed by atoms with Gasteiger partial charge in [0.1, 0.15) is 17.4 Å². The predicted molar refractivity (Wildman–Crippen MR) is 161 cm³/mol. The van der Waals surface area contributed by atoms with E-state index in [1.165, 1.54) is 12.8 Å². The van der Waals surface area contributed by atoms with Crippen LogP contribution in [-0.2, 0) is 25.6 Å². The molecule has 2 amide bonds. The van der Waals surface area contributed by atoms with Crippen molar-refractivity contribution in [3.63, 3.8) is 0 Å². The van der Waals surface area contributed by atoms with Gasteiger partial charge in [-0.3, -0.25) is 8.98 Å². The summed E-state index contributed by atoms with van der Waals surface area (Å²) in [5.74, 6) is 1.09. The molecule has 0 radical (unpaired) electrons. The number of rotatable bonds is 7. The maximum atomic E-state index is 13.6. The van der Waals surface area contributed by atoms with Gasteiger partial charge in [0.15, 0.2) is 5.82 Å². The number of aromatic nitrogens is 4. The summed E-state index contributed by atoms with van der Waals surface area (Å²) in [5, 5.41) is 3.75. The van der Waals surface area contributed by atoms with E-state index in [-0.39, 0.29) is 25.4 Å². The minimum Gasteiger partial charge on any atom is -0.444 e. The predicted octanol–water partition coefficient (Wildman–Crippen LogP) is 4.07. The molecule has 3 aromatic heterocycles. The summed E-state index contributed by atoms with van der Waals surface area (Å²) in [6.45, 7) is 6.38. The van der Waals surface area contributed by atoms with E-state index >= 15 is 0 Å². The lowest BCUT2D eigenvalue weighted by Crippen LogP contribution is -2.58. The second-order valence-electron chi connectivity index (χ2n) is 12.4. The highest BCUT2D eigenvalue weighted by molar-refractivity contribution is 7.86. The number of carbonyl (C=O) groups excluding carboxylic acids is 2. The number of pyridine rings is 1. The van der Waals surface area contributed by atoms with Gasteiger partial charge in [-0.15, -0.1) is 0 Å². The third-order valence-electron chi connectivity index (χ3n) is 7.60. The molecule has 1 aromatic carbocycles. The van der Waals surface area contributed by atoms with Gasteiger partial charge in [-0.05, 0) is 82.3 Å². The highest BCUT2D eigenvalue weighted by Crippen LogP contribution is 2.35. The van der Waals surface area contributed by atoms with E-state index in [0.29, 0.717) is 22.8 Å². The topological polar surface area (TPSA) is 149 Å². The number of nitrogens with one attached hydrogen (secondary N) is 2. The molecule has 0 bridgehead atoms. The van der Waals surface area contributed by atoms with Crippen molar-refractivity contribution in [2.24, 2.45) is 5.92 Å². The quantitative estimate of drug-likeness (QED) is 0.298. The van der Waals surface area contributed by atoms with Crippen LogP contribution >= 0.6 is 0 Å². The Balaban J connectivity index is 1.24. The van der Waals surface area contributed by atoms with Crippen molar-refractivity contribution >= 4 is 44.2 Å². The van der Waals surface area contributed by atoms with Crippen LogP contribution in [-0.4, -0.2) is 81.9 Å². The van der Waals surface area contributed by atoms with Crippen LogP contribution in [0.1, 0.15) is 50.4 Å². The first-order valence-electron chi connectivity index (χ1n) is 14.4. The van der Waals surface area contributed by atoms with Gasteiger partial charge in [0.2, 0.25) is 0 Å². The van der Waals surface area contributed by atoms with E-state index < -0.39 is 34.0 Å². The molecule has 2 N–H and O–H groups in total. The van der Waals surface area contributed by atoms with Crippen LogP contribution in [0, 0.1) is 5.92 Å². The van der Waals surface area contributed by atoms with Crippen molar-refractivity contribution in [1.82, 2.24) is 29.7 Å². The molecule has 13 heteroatoms. The van der Waals surface area contributed by atoms with Crippen LogP contribution in [0.4, 0.5) is 4.79 Å². The van der Waals surface area contributed by atoms with E-state index in [1.54, 1.807) is 44.0 Å². The largest absolute Gasteiger partial charge is 0.444 e. The van der Waals surface area contributed by atoms with Crippen LogP contribution in [0.2, 0.25) is 0 Å². The van der Waals surface area contributed by atoms with E-state index in [0.717, 1.165) is 35.0 Å². The van der Waals surface area contributed by atoms with Crippen molar-refractivity contribution in [2.75, 3.05) is 19.3 Å². The molecular formula is C30H36N6O6S. The van der Waals surface area contributed by atoms with Crippen LogP contribution in [0.25, 0.3) is 33.6 Å². The Morgan fingerprint density at radius 2 is 1.93 bits per heavy atom. The smallest absolute Gasteiger partial charge is 0.408 e. The summed E-state index contributed by atoms with van der Waals surface area (Å²) in [7, 11) is -3.79. The number of aromatic amines is 1. The monoisotopic (exact) mass is 608 g/mol. The van der Waals surface area contributed by atoms with E-state index in [1.807, 2.05) is 18.2 Å². The molecule has 1 saturated heterocycles. The van der Waals surface area contributed by atoms with E-state index in [2.05, 4.69) is 25.9 Å². The Hall–Kier alpha value is -3.97. The number of hydrogen-bond donors (Lipinski definition) is 2. The normalized spacial score (nSPS) is 19.6. The van der Waals surface area contributed by atoms with Crippen molar-refractivity contribution in [2.45, 2.75) is 64.3 Å². The molecule has 0 unspecified atom stereocenters. The fourth-order valence-electron chi connectivity index (χ4n) is 5.52. The number of likely N-dealkylation sites (tertiary alicyclic amines) is 1.